The van der Waals surface area contributed by atoms with Gasteiger partial charge in [0.05, 0.1) is 14.2 Å². The molecule has 19 heavy (non-hydrogen) atoms. The van der Waals surface area contributed by atoms with E-state index in [4.69, 9.17) is 9.47 Å². The van der Waals surface area contributed by atoms with Crippen LogP contribution in [-0.4, -0.2) is 45.3 Å². The second kappa shape index (κ2) is 8.02. The lowest BCUT2D eigenvalue weighted by Gasteiger charge is -2.19. The van der Waals surface area contributed by atoms with Crippen LogP contribution in [0, 0.1) is 0 Å². The van der Waals surface area contributed by atoms with Crippen molar-refractivity contribution in [3.05, 3.63) is 23.8 Å². The highest BCUT2D eigenvalue weighted by Crippen LogP contribution is 2.23. The first kappa shape index (κ1) is 15.8. The average Bonchev–Trinajstić information content (AvgIpc) is 2.37. The molecule has 1 rings (SSSR count). The van der Waals surface area contributed by atoms with E-state index in [1.807, 2.05) is 6.07 Å². The molecule has 0 radical (unpaired) electrons. The van der Waals surface area contributed by atoms with Crippen LogP contribution >= 0.6 is 0 Å². The summed E-state index contributed by atoms with van der Waals surface area (Å²) >= 11 is 0. The Kier molecular flexibility index (Phi) is 6.67. The molecular weight excluding hydrogens is 240 g/mol. The van der Waals surface area contributed by atoms with E-state index >= 15 is 0 Å². The first-order valence-electron chi connectivity index (χ1n) is 6.69. The van der Waals surface area contributed by atoms with Gasteiger partial charge in [-0.2, -0.15) is 0 Å². The van der Waals surface area contributed by atoms with E-state index in [1.165, 1.54) is 5.56 Å². The molecule has 0 aliphatic carbocycles. The number of nitrogens with one attached hydrogen (secondary N) is 1. The summed E-state index contributed by atoms with van der Waals surface area (Å²) in [4.78, 5) is 2.28. The monoisotopic (exact) mass is 266 g/mol. The second-order valence-corrected chi connectivity index (χ2v) is 5.07. The van der Waals surface area contributed by atoms with Crippen molar-refractivity contribution in [2.24, 2.45) is 0 Å². The van der Waals surface area contributed by atoms with Crippen molar-refractivity contribution in [1.29, 1.82) is 0 Å². The predicted octanol–water partition coefficient (Wildman–Crippen LogP) is 2.13. The zero-order chi connectivity index (χ0) is 14.3. The quantitative estimate of drug-likeness (QED) is 0.781. The Balaban J connectivity index is 2.55. The highest BCUT2D eigenvalue weighted by atomic mass is 16.5. The molecule has 1 aromatic rings. The van der Waals surface area contributed by atoms with Crippen molar-refractivity contribution in [2.45, 2.75) is 26.4 Å². The normalized spacial score (nSPS) is 11.1. The Morgan fingerprint density at radius 1 is 1.11 bits per heavy atom. The van der Waals surface area contributed by atoms with Gasteiger partial charge in [-0.1, -0.05) is 13.8 Å². The summed E-state index contributed by atoms with van der Waals surface area (Å²) in [5.41, 5.74) is 1.20. The van der Waals surface area contributed by atoms with Crippen LogP contribution in [0.4, 0.5) is 0 Å². The molecule has 0 bridgehead atoms. The third-order valence-corrected chi connectivity index (χ3v) is 2.91. The number of hydrogen-bond acceptors (Lipinski definition) is 4. The van der Waals surface area contributed by atoms with E-state index in [0.29, 0.717) is 6.04 Å². The van der Waals surface area contributed by atoms with Gasteiger partial charge in [-0.15, -0.1) is 0 Å². The minimum atomic E-state index is 0.533. The molecule has 0 heterocycles. The SMILES string of the molecule is COc1cc(CN(C)CCNC(C)C)cc(OC)c1. The van der Waals surface area contributed by atoms with Crippen molar-refractivity contribution < 1.29 is 9.47 Å². The van der Waals surface area contributed by atoms with E-state index in [0.717, 1.165) is 31.1 Å². The summed E-state index contributed by atoms with van der Waals surface area (Å²) in [7, 11) is 5.47. The first-order valence-corrected chi connectivity index (χ1v) is 6.69. The van der Waals surface area contributed by atoms with Crippen LogP contribution in [-0.2, 0) is 6.54 Å². The van der Waals surface area contributed by atoms with E-state index in [1.54, 1.807) is 14.2 Å². The summed E-state index contributed by atoms with van der Waals surface area (Å²) in [5.74, 6) is 1.67. The van der Waals surface area contributed by atoms with Crippen LogP contribution in [0.5, 0.6) is 11.5 Å². The van der Waals surface area contributed by atoms with Gasteiger partial charge in [0.25, 0.3) is 0 Å². The lowest BCUT2D eigenvalue weighted by Crippen LogP contribution is -2.32. The van der Waals surface area contributed by atoms with Gasteiger partial charge in [0.15, 0.2) is 0 Å². The Labute approximate surface area is 116 Å². The zero-order valence-corrected chi connectivity index (χ0v) is 12.7. The molecule has 0 saturated carbocycles. The fourth-order valence-electron chi connectivity index (χ4n) is 1.89. The predicted molar refractivity (Wildman–Crippen MR) is 79.0 cm³/mol. The van der Waals surface area contributed by atoms with Crippen molar-refractivity contribution in [2.75, 3.05) is 34.4 Å². The number of methoxy groups -OCH3 is 2. The summed E-state index contributed by atoms with van der Waals surface area (Å²) < 4.78 is 10.6. The van der Waals surface area contributed by atoms with Crippen LogP contribution < -0.4 is 14.8 Å². The van der Waals surface area contributed by atoms with E-state index in [2.05, 4.69) is 43.2 Å². The highest BCUT2D eigenvalue weighted by Gasteiger charge is 2.05. The fourth-order valence-corrected chi connectivity index (χ4v) is 1.89. The third kappa shape index (κ3) is 5.94. The molecule has 0 aromatic heterocycles. The third-order valence-electron chi connectivity index (χ3n) is 2.91. The fraction of sp³-hybridized carbons (Fsp3) is 0.600. The number of ether oxygens (including phenoxy) is 2. The van der Waals surface area contributed by atoms with Gasteiger partial charge < -0.3 is 19.7 Å². The van der Waals surface area contributed by atoms with Crippen LogP contribution in [0.15, 0.2) is 18.2 Å². The van der Waals surface area contributed by atoms with E-state index in [-0.39, 0.29) is 0 Å². The lowest BCUT2D eigenvalue weighted by molar-refractivity contribution is 0.318. The maximum Gasteiger partial charge on any atom is 0.122 e. The molecule has 0 spiro atoms. The molecule has 0 unspecified atom stereocenters. The Bertz CT molecular complexity index is 358. The maximum atomic E-state index is 5.28. The number of hydrogen-bond donors (Lipinski definition) is 1. The van der Waals surface area contributed by atoms with Crippen molar-refractivity contribution in [3.63, 3.8) is 0 Å². The molecular formula is C15H26N2O2. The van der Waals surface area contributed by atoms with Crippen molar-refractivity contribution >= 4 is 0 Å². The van der Waals surface area contributed by atoms with Crippen LogP contribution in [0.3, 0.4) is 0 Å². The zero-order valence-electron chi connectivity index (χ0n) is 12.7. The maximum absolute atomic E-state index is 5.28. The van der Waals surface area contributed by atoms with Gasteiger partial charge >= 0.3 is 0 Å². The Hall–Kier alpha value is -1.26. The second-order valence-electron chi connectivity index (χ2n) is 5.07. The first-order chi connectivity index (χ1) is 9.05. The Morgan fingerprint density at radius 3 is 2.16 bits per heavy atom. The number of benzene rings is 1. The minimum absolute atomic E-state index is 0.533. The molecule has 0 atom stereocenters. The van der Waals surface area contributed by atoms with Gasteiger partial charge in [0.1, 0.15) is 11.5 Å². The Morgan fingerprint density at radius 2 is 1.68 bits per heavy atom. The van der Waals surface area contributed by atoms with Gasteiger partial charge in [0, 0.05) is 31.7 Å². The molecule has 1 aromatic carbocycles. The summed E-state index contributed by atoms with van der Waals surface area (Å²) in [5, 5.41) is 3.42. The standard InChI is InChI=1S/C15H26N2O2/c1-12(2)16-6-7-17(3)11-13-8-14(18-4)10-15(9-13)19-5/h8-10,12,16H,6-7,11H2,1-5H3. The van der Waals surface area contributed by atoms with Gasteiger partial charge in [-0.05, 0) is 24.7 Å². The molecule has 108 valence electrons. The summed E-state index contributed by atoms with van der Waals surface area (Å²) in [6.45, 7) is 7.21. The van der Waals surface area contributed by atoms with Crippen molar-refractivity contribution in [3.8, 4) is 11.5 Å². The molecule has 0 amide bonds. The van der Waals surface area contributed by atoms with Gasteiger partial charge in [0.2, 0.25) is 0 Å². The molecule has 1 N–H and O–H groups in total. The summed E-state index contributed by atoms with van der Waals surface area (Å²) in [6.07, 6.45) is 0. The van der Waals surface area contributed by atoms with Crippen LogP contribution in [0.1, 0.15) is 19.4 Å². The minimum Gasteiger partial charge on any atom is -0.497 e. The number of likely N-dealkylation sites (N-methyl/N-ethyl adjacent to an activating group) is 1. The average molecular weight is 266 g/mol. The van der Waals surface area contributed by atoms with E-state index in [9.17, 15) is 0 Å². The smallest absolute Gasteiger partial charge is 0.122 e. The molecule has 0 fully saturated rings. The molecule has 4 heteroatoms. The molecule has 0 aliphatic rings. The molecule has 4 nitrogen and oxygen atoms in total. The highest BCUT2D eigenvalue weighted by molar-refractivity contribution is 5.38. The number of rotatable bonds is 8. The van der Waals surface area contributed by atoms with Gasteiger partial charge in [-0.3, -0.25) is 0 Å². The van der Waals surface area contributed by atoms with Crippen molar-refractivity contribution in [1.82, 2.24) is 10.2 Å². The van der Waals surface area contributed by atoms with Crippen LogP contribution in [0.25, 0.3) is 0 Å². The summed E-state index contributed by atoms with van der Waals surface area (Å²) in [6, 6.07) is 6.53. The largest absolute Gasteiger partial charge is 0.497 e. The number of nitrogens with zero attached hydrogens (tertiary/aromatic N) is 1. The van der Waals surface area contributed by atoms with Crippen LogP contribution in [0.2, 0.25) is 0 Å². The van der Waals surface area contributed by atoms with E-state index < -0.39 is 0 Å². The molecule has 0 saturated heterocycles. The van der Waals surface area contributed by atoms with Gasteiger partial charge in [-0.25, -0.2) is 0 Å². The lowest BCUT2D eigenvalue weighted by atomic mass is 10.2. The topological polar surface area (TPSA) is 33.7 Å². The molecule has 0 aliphatic heterocycles.